The van der Waals surface area contributed by atoms with Crippen LogP contribution in [0.1, 0.15) is 35.3 Å². The monoisotopic (exact) mass is 362 g/mol. The Balaban J connectivity index is 1.66. The van der Waals surface area contributed by atoms with Crippen molar-refractivity contribution in [2.75, 3.05) is 11.9 Å². The van der Waals surface area contributed by atoms with Gasteiger partial charge in [-0.15, -0.1) is 0 Å². The molecule has 2 aromatic carbocycles. The molecule has 5 heteroatoms. The second kappa shape index (κ2) is 8.18. The number of hydrogen-bond donors (Lipinski definition) is 2. The molecular weight excluding hydrogens is 336 g/mol. The number of amides is 1. The molecule has 140 valence electrons. The van der Waals surface area contributed by atoms with Crippen molar-refractivity contribution < 1.29 is 4.79 Å². The fourth-order valence-electron chi connectivity index (χ4n) is 3.09. The molecule has 3 rings (SSSR count). The van der Waals surface area contributed by atoms with Gasteiger partial charge in [-0.1, -0.05) is 42.0 Å². The molecule has 2 N–H and O–H groups in total. The third-order valence-corrected chi connectivity index (χ3v) is 4.60. The second-order valence-electron chi connectivity index (χ2n) is 6.93. The maximum absolute atomic E-state index is 12.5. The average molecular weight is 362 g/mol. The van der Waals surface area contributed by atoms with Crippen LogP contribution in [0.4, 0.5) is 5.82 Å². The van der Waals surface area contributed by atoms with Crippen LogP contribution in [-0.2, 0) is 4.79 Å². The van der Waals surface area contributed by atoms with E-state index in [2.05, 4.69) is 41.7 Å². The van der Waals surface area contributed by atoms with Gasteiger partial charge in [0.15, 0.2) is 0 Å². The normalized spacial score (nSPS) is 12.0. The van der Waals surface area contributed by atoms with Gasteiger partial charge in [0.1, 0.15) is 5.82 Å². The van der Waals surface area contributed by atoms with E-state index >= 15 is 0 Å². The number of nitrogens with one attached hydrogen (secondary N) is 2. The van der Waals surface area contributed by atoms with Crippen LogP contribution in [0.25, 0.3) is 5.69 Å². The van der Waals surface area contributed by atoms with E-state index in [4.69, 9.17) is 0 Å². The predicted octanol–water partition coefficient (Wildman–Crippen LogP) is 4.09. The van der Waals surface area contributed by atoms with Gasteiger partial charge in [-0.2, -0.15) is 5.10 Å². The lowest BCUT2D eigenvalue weighted by molar-refractivity contribution is -0.115. The quantitative estimate of drug-likeness (QED) is 0.694. The highest BCUT2D eigenvalue weighted by atomic mass is 16.2. The van der Waals surface area contributed by atoms with E-state index in [-0.39, 0.29) is 18.5 Å². The van der Waals surface area contributed by atoms with Gasteiger partial charge in [0, 0.05) is 12.1 Å². The zero-order valence-corrected chi connectivity index (χ0v) is 16.3. The summed E-state index contributed by atoms with van der Waals surface area (Å²) in [5.74, 6) is 0.579. The van der Waals surface area contributed by atoms with E-state index in [9.17, 15) is 4.79 Å². The van der Waals surface area contributed by atoms with Crippen LogP contribution in [-0.4, -0.2) is 22.2 Å². The Kier molecular flexibility index (Phi) is 5.72. The number of nitrogens with zero attached hydrogens (tertiary/aromatic N) is 2. The number of carbonyl (C=O) groups is 1. The van der Waals surface area contributed by atoms with Crippen LogP contribution in [0.3, 0.4) is 0 Å². The number of anilines is 1. The molecule has 1 heterocycles. The summed E-state index contributed by atoms with van der Waals surface area (Å²) < 4.78 is 1.76. The van der Waals surface area contributed by atoms with Crippen molar-refractivity contribution in [3.05, 3.63) is 77.0 Å². The molecule has 3 aromatic rings. The third-order valence-electron chi connectivity index (χ3n) is 4.60. The molecule has 5 nitrogen and oxygen atoms in total. The number of carbonyl (C=O) groups excluding carboxylic acids is 1. The molecule has 1 amide bonds. The minimum atomic E-state index is -0.0938. The fraction of sp³-hybridized carbons (Fsp3) is 0.273. The molecule has 0 bridgehead atoms. The lowest BCUT2D eigenvalue weighted by atomic mass is 10.0. The minimum absolute atomic E-state index is 0.0938. The van der Waals surface area contributed by atoms with Gasteiger partial charge < -0.3 is 10.6 Å². The van der Waals surface area contributed by atoms with Crippen LogP contribution >= 0.6 is 0 Å². The second-order valence-corrected chi connectivity index (χ2v) is 6.93. The molecule has 1 aromatic heterocycles. The summed E-state index contributed by atoms with van der Waals surface area (Å²) in [6.45, 7) is 8.33. The summed E-state index contributed by atoms with van der Waals surface area (Å²) in [5, 5.41) is 10.8. The highest BCUT2D eigenvalue weighted by Crippen LogP contribution is 2.18. The highest BCUT2D eigenvalue weighted by Gasteiger charge is 2.13. The van der Waals surface area contributed by atoms with Crippen molar-refractivity contribution in [2.24, 2.45) is 0 Å². The van der Waals surface area contributed by atoms with E-state index in [1.807, 2.05) is 56.3 Å². The van der Waals surface area contributed by atoms with Crippen molar-refractivity contribution in [3.8, 4) is 5.69 Å². The van der Waals surface area contributed by atoms with E-state index in [1.54, 1.807) is 4.68 Å². The Labute approximate surface area is 160 Å². The smallest absolute Gasteiger partial charge is 0.239 e. The SMILES string of the molecule is Cc1ccc(-n2nc(C)cc2NC(=O)CNC(C)c2ccccc2C)cc1. The maximum Gasteiger partial charge on any atom is 0.239 e. The number of rotatable bonds is 6. The van der Waals surface area contributed by atoms with Crippen LogP contribution in [0.5, 0.6) is 0 Å². The molecule has 0 aliphatic rings. The van der Waals surface area contributed by atoms with Gasteiger partial charge in [0.25, 0.3) is 0 Å². The molecular formula is C22H26N4O. The van der Waals surface area contributed by atoms with Gasteiger partial charge in [-0.3, -0.25) is 4.79 Å². The van der Waals surface area contributed by atoms with Crippen molar-refractivity contribution >= 4 is 11.7 Å². The Hall–Kier alpha value is -2.92. The average Bonchev–Trinajstić information content (AvgIpc) is 3.01. The number of aryl methyl sites for hydroxylation is 3. The van der Waals surface area contributed by atoms with E-state index in [1.165, 1.54) is 16.7 Å². The molecule has 0 fully saturated rings. The first kappa shape index (κ1) is 18.9. The largest absolute Gasteiger partial charge is 0.309 e. The fourth-order valence-corrected chi connectivity index (χ4v) is 3.09. The standard InChI is InChI=1S/C22H26N4O/c1-15-9-11-19(12-10-15)26-21(13-17(3)25-26)24-22(27)14-23-18(4)20-8-6-5-7-16(20)2/h5-13,18,23H,14H2,1-4H3,(H,24,27). The maximum atomic E-state index is 12.5. The molecule has 0 aliphatic carbocycles. The number of aromatic nitrogens is 2. The zero-order chi connectivity index (χ0) is 19.4. The molecule has 27 heavy (non-hydrogen) atoms. The first-order chi connectivity index (χ1) is 12.9. The Morgan fingerprint density at radius 2 is 1.78 bits per heavy atom. The van der Waals surface area contributed by atoms with Crippen molar-refractivity contribution in [3.63, 3.8) is 0 Å². The summed E-state index contributed by atoms with van der Waals surface area (Å²) >= 11 is 0. The number of benzene rings is 2. The molecule has 0 saturated heterocycles. The van der Waals surface area contributed by atoms with Gasteiger partial charge in [0.05, 0.1) is 17.9 Å². The van der Waals surface area contributed by atoms with Gasteiger partial charge in [-0.25, -0.2) is 4.68 Å². The van der Waals surface area contributed by atoms with E-state index in [0.717, 1.165) is 11.4 Å². The van der Waals surface area contributed by atoms with Crippen molar-refractivity contribution in [2.45, 2.75) is 33.7 Å². The summed E-state index contributed by atoms with van der Waals surface area (Å²) in [7, 11) is 0. The first-order valence-electron chi connectivity index (χ1n) is 9.16. The molecule has 0 aliphatic heterocycles. The lowest BCUT2D eigenvalue weighted by Gasteiger charge is -2.16. The van der Waals surface area contributed by atoms with Crippen molar-refractivity contribution in [1.29, 1.82) is 0 Å². The van der Waals surface area contributed by atoms with Crippen LogP contribution < -0.4 is 10.6 Å². The topological polar surface area (TPSA) is 59.0 Å². The van der Waals surface area contributed by atoms with Crippen molar-refractivity contribution in [1.82, 2.24) is 15.1 Å². The van der Waals surface area contributed by atoms with Crippen LogP contribution in [0, 0.1) is 20.8 Å². The van der Waals surface area contributed by atoms with Crippen LogP contribution in [0.15, 0.2) is 54.6 Å². The Morgan fingerprint density at radius 1 is 1.07 bits per heavy atom. The summed E-state index contributed by atoms with van der Waals surface area (Å²) in [5.41, 5.74) is 5.37. The minimum Gasteiger partial charge on any atom is -0.309 e. The molecule has 1 atom stereocenters. The third kappa shape index (κ3) is 4.63. The first-order valence-corrected chi connectivity index (χ1v) is 9.16. The highest BCUT2D eigenvalue weighted by molar-refractivity contribution is 5.91. The summed E-state index contributed by atoms with van der Waals surface area (Å²) in [6.07, 6.45) is 0. The van der Waals surface area contributed by atoms with Gasteiger partial charge >= 0.3 is 0 Å². The zero-order valence-electron chi connectivity index (χ0n) is 16.3. The lowest BCUT2D eigenvalue weighted by Crippen LogP contribution is -2.31. The molecule has 0 radical (unpaired) electrons. The van der Waals surface area contributed by atoms with Gasteiger partial charge in [0.2, 0.25) is 5.91 Å². The molecule has 0 spiro atoms. The number of hydrogen-bond acceptors (Lipinski definition) is 3. The van der Waals surface area contributed by atoms with E-state index in [0.29, 0.717) is 5.82 Å². The molecule has 1 unspecified atom stereocenters. The molecule has 0 saturated carbocycles. The predicted molar refractivity (Wildman–Crippen MR) is 109 cm³/mol. The Morgan fingerprint density at radius 3 is 2.48 bits per heavy atom. The summed E-state index contributed by atoms with van der Waals surface area (Å²) in [4.78, 5) is 12.5. The Bertz CT molecular complexity index is 928. The van der Waals surface area contributed by atoms with Crippen LogP contribution in [0.2, 0.25) is 0 Å². The summed E-state index contributed by atoms with van der Waals surface area (Å²) in [6, 6.07) is 18.2. The van der Waals surface area contributed by atoms with Gasteiger partial charge in [-0.05, 0) is 51.0 Å². The van der Waals surface area contributed by atoms with E-state index < -0.39 is 0 Å².